The molecular weight excluding hydrogens is 382 g/mol. The van der Waals surface area contributed by atoms with Crippen LogP contribution < -0.4 is 4.90 Å². The third-order valence-electron chi connectivity index (χ3n) is 7.95. The molecule has 5 aliphatic rings. The first kappa shape index (κ1) is 17.9. The molecule has 2 heterocycles. The van der Waals surface area contributed by atoms with E-state index in [9.17, 15) is 10.1 Å². The van der Waals surface area contributed by atoms with Gasteiger partial charge in [-0.3, -0.25) is 10.1 Å². The molecule has 29 heavy (non-hydrogen) atoms. The van der Waals surface area contributed by atoms with Crippen LogP contribution in [0.5, 0.6) is 0 Å². The number of nitro groups is 1. The molecule has 0 unspecified atom stereocenters. The van der Waals surface area contributed by atoms with E-state index in [0.717, 1.165) is 59.9 Å². The third kappa shape index (κ3) is 2.90. The molecule has 0 radical (unpaired) electrons. The molecule has 1 saturated heterocycles. The van der Waals surface area contributed by atoms with Gasteiger partial charge in [0.05, 0.1) is 10.6 Å². The molecule has 0 N–H and O–H groups in total. The van der Waals surface area contributed by atoms with Crippen molar-refractivity contribution in [3.8, 4) is 10.6 Å². The molecule has 4 aliphatic carbocycles. The van der Waals surface area contributed by atoms with Crippen molar-refractivity contribution in [1.82, 2.24) is 4.98 Å². The summed E-state index contributed by atoms with van der Waals surface area (Å²) in [5, 5.41) is 14.9. The van der Waals surface area contributed by atoms with Crippen molar-refractivity contribution in [3.05, 3.63) is 39.4 Å². The van der Waals surface area contributed by atoms with Crippen LogP contribution in [0.1, 0.15) is 57.1 Å². The summed E-state index contributed by atoms with van der Waals surface area (Å²) in [6.07, 6.45) is 10.4. The number of hydrogen-bond acceptors (Lipinski definition) is 5. The molecule has 6 heteroatoms. The fraction of sp³-hybridized carbons (Fsp3) is 0.609. The molecule has 1 aromatic heterocycles. The van der Waals surface area contributed by atoms with Crippen LogP contribution in [-0.4, -0.2) is 23.0 Å². The molecule has 4 saturated carbocycles. The first-order valence-electron chi connectivity index (χ1n) is 11.1. The minimum absolute atomic E-state index is 0.218. The van der Waals surface area contributed by atoms with Gasteiger partial charge >= 0.3 is 0 Å². The van der Waals surface area contributed by atoms with Crippen LogP contribution >= 0.6 is 11.3 Å². The van der Waals surface area contributed by atoms with Gasteiger partial charge in [-0.2, -0.15) is 0 Å². The second kappa shape index (κ2) is 6.53. The molecule has 0 spiro atoms. The molecule has 0 atom stereocenters. The summed E-state index contributed by atoms with van der Waals surface area (Å²) in [5.41, 5.74) is 3.42. The lowest BCUT2D eigenvalue weighted by molar-refractivity contribution is -0.384. The summed E-state index contributed by atoms with van der Waals surface area (Å²) >= 11 is 1.66. The Hall–Kier alpha value is -1.95. The van der Waals surface area contributed by atoms with E-state index in [2.05, 4.69) is 10.3 Å². The van der Waals surface area contributed by atoms with E-state index in [4.69, 9.17) is 4.98 Å². The number of hydrogen-bond donors (Lipinski definition) is 0. The maximum absolute atomic E-state index is 11.8. The molecule has 152 valence electrons. The molecule has 2 aromatic rings. The number of aromatic nitrogens is 1. The van der Waals surface area contributed by atoms with Crippen LogP contribution in [-0.2, 0) is 5.41 Å². The van der Waals surface area contributed by atoms with Crippen LogP contribution in [0.2, 0.25) is 0 Å². The maximum Gasteiger partial charge on any atom is 0.293 e. The van der Waals surface area contributed by atoms with Crippen LogP contribution in [0.15, 0.2) is 23.6 Å². The van der Waals surface area contributed by atoms with Gasteiger partial charge in [-0.15, -0.1) is 11.3 Å². The lowest BCUT2D eigenvalue weighted by atomic mass is 9.49. The van der Waals surface area contributed by atoms with Gasteiger partial charge in [0.1, 0.15) is 10.7 Å². The Balaban J connectivity index is 1.33. The summed E-state index contributed by atoms with van der Waals surface area (Å²) in [6.45, 7) is 1.82. The highest BCUT2D eigenvalue weighted by Crippen LogP contribution is 2.60. The minimum Gasteiger partial charge on any atom is -0.366 e. The van der Waals surface area contributed by atoms with E-state index in [0.29, 0.717) is 0 Å². The SMILES string of the molecule is O=[N+]([O-])c1cc(-c2nc(C34CC5CC(CC(C5)C3)C4)cs2)ccc1N1CCCC1. The largest absolute Gasteiger partial charge is 0.366 e. The summed E-state index contributed by atoms with van der Waals surface area (Å²) in [7, 11) is 0. The minimum atomic E-state index is -0.231. The molecule has 1 aliphatic heterocycles. The summed E-state index contributed by atoms with van der Waals surface area (Å²) in [4.78, 5) is 18.8. The smallest absolute Gasteiger partial charge is 0.293 e. The highest BCUT2D eigenvalue weighted by molar-refractivity contribution is 7.13. The predicted molar refractivity (Wildman–Crippen MR) is 116 cm³/mol. The maximum atomic E-state index is 11.8. The molecule has 7 rings (SSSR count). The first-order valence-corrected chi connectivity index (χ1v) is 12.0. The standard InChI is InChI=1S/C23H27N3O2S/c27-26(28)20-10-18(3-4-19(20)25-5-1-2-6-25)22-24-21(14-29-22)23-11-15-7-16(12-23)9-17(8-15)13-23/h3-4,10,14-17H,1-2,5-9,11-13H2. The summed E-state index contributed by atoms with van der Waals surface area (Å²) in [6, 6.07) is 5.71. The zero-order valence-electron chi connectivity index (χ0n) is 16.7. The monoisotopic (exact) mass is 409 g/mol. The number of benzene rings is 1. The van der Waals surface area contributed by atoms with E-state index in [1.165, 1.54) is 44.2 Å². The van der Waals surface area contributed by atoms with Crippen molar-refractivity contribution in [2.45, 2.75) is 56.8 Å². The fourth-order valence-corrected chi connectivity index (χ4v) is 8.04. The van der Waals surface area contributed by atoms with Gasteiger partial charge in [0, 0.05) is 35.5 Å². The van der Waals surface area contributed by atoms with E-state index in [-0.39, 0.29) is 16.0 Å². The zero-order chi connectivity index (χ0) is 19.6. The molecule has 5 fully saturated rings. The number of nitrogens with zero attached hydrogens (tertiary/aromatic N) is 3. The van der Waals surface area contributed by atoms with Gasteiger partial charge < -0.3 is 4.90 Å². The average Bonchev–Trinajstić information content (AvgIpc) is 3.39. The Morgan fingerprint density at radius 3 is 2.34 bits per heavy atom. The number of rotatable bonds is 4. The molecule has 1 aromatic carbocycles. The highest BCUT2D eigenvalue weighted by Gasteiger charge is 2.52. The van der Waals surface area contributed by atoms with Crippen molar-refractivity contribution >= 4 is 22.7 Å². The first-order chi connectivity index (χ1) is 14.1. The van der Waals surface area contributed by atoms with Crippen LogP contribution in [0.3, 0.4) is 0 Å². The average molecular weight is 410 g/mol. The van der Waals surface area contributed by atoms with E-state index < -0.39 is 0 Å². The highest BCUT2D eigenvalue weighted by atomic mass is 32.1. The molecule has 5 nitrogen and oxygen atoms in total. The second-order valence-electron chi connectivity index (χ2n) is 9.89. The summed E-state index contributed by atoms with van der Waals surface area (Å²) < 4.78 is 0. The Morgan fingerprint density at radius 2 is 1.72 bits per heavy atom. The molecular formula is C23H27N3O2S. The number of nitro benzene ring substituents is 1. The van der Waals surface area contributed by atoms with Gasteiger partial charge in [-0.05, 0) is 81.3 Å². The van der Waals surface area contributed by atoms with Gasteiger partial charge in [0.25, 0.3) is 5.69 Å². The Bertz CT molecular complexity index is 927. The van der Waals surface area contributed by atoms with Crippen molar-refractivity contribution in [2.75, 3.05) is 18.0 Å². The normalized spacial score (nSPS) is 32.8. The molecule has 0 amide bonds. The number of anilines is 1. The Kier molecular flexibility index (Phi) is 4.02. The van der Waals surface area contributed by atoms with E-state index in [1.54, 1.807) is 17.4 Å². The molecule has 4 bridgehead atoms. The van der Waals surface area contributed by atoms with Gasteiger partial charge in [0.2, 0.25) is 0 Å². The fourth-order valence-electron chi connectivity index (χ4n) is 7.10. The van der Waals surface area contributed by atoms with Crippen LogP contribution in [0.25, 0.3) is 10.6 Å². The number of thiazole rings is 1. The van der Waals surface area contributed by atoms with Crippen molar-refractivity contribution in [1.29, 1.82) is 0 Å². The quantitative estimate of drug-likeness (QED) is 0.474. The second-order valence-corrected chi connectivity index (χ2v) is 10.7. The lowest BCUT2D eigenvalue weighted by Crippen LogP contribution is -2.48. The summed E-state index contributed by atoms with van der Waals surface area (Å²) in [5.74, 6) is 2.69. The van der Waals surface area contributed by atoms with Gasteiger partial charge in [-0.1, -0.05) is 0 Å². The lowest BCUT2D eigenvalue weighted by Gasteiger charge is -2.56. The van der Waals surface area contributed by atoms with E-state index >= 15 is 0 Å². The Labute approximate surface area is 175 Å². The topological polar surface area (TPSA) is 59.3 Å². The van der Waals surface area contributed by atoms with E-state index in [1.807, 2.05) is 12.1 Å². The zero-order valence-corrected chi connectivity index (χ0v) is 17.5. The third-order valence-corrected chi connectivity index (χ3v) is 8.84. The van der Waals surface area contributed by atoms with Crippen LogP contribution in [0.4, 0.5) is 11.4 Å². The van der Waals surface area contributed by atoms with Crippen molar-refractivity contribution in [2.24, 2.45) is 17.8 Å². The van der Waals surface area contributed by atoms with Gasteiger partial charge in [0.15, 0.2) is 0 Å². The van der Waals surface area contributed by atoms with Crippen molar-refractivity contribution < 1.29 is 4.92 Å². The van der Waals surface area contributed by atoms with Crippen LogP contribution in [0, 0.1) is 27.9 Å². The van der Waals surface area contributed by atoms with Gasteiger partial charge in [-0.25, -0.2) is 4.98 Å². The Morgan fingerprint density at radius 1 is 1.07 bits per heavy atom. The predicted octanol–water partition coefficient (Wildman–Crippen LogP) is 5.79. The van der Waals surface area contributed by atoms with Crippen molar-refractivity contribution in [3.63, 3.8) is 0 Å².